The molecule has 1 heterocycles. The number of pyridine rings is 1. The number of carbonyl (C=O) groups is 1. The highest BCUT2D eigenvalue weighted by Crippen LogP contribution is 2.42. The van der Waals surface area contributed by atoms with Gasteiger partial charge in [-0.1, -0.05) is 6.92 Å². The maximum atomic E-state index is 12.5. The summed E-state index contributed by atoms with van der Waals surface area (Å²) < 4.78 is 11.1. The van der Waals surface area contributed by atoms with Crippen LogP contribution in [0, 0.1) is 5.92 Å². The number of carbonyl (C=O) groups excluding carboxylic acids is 1. The van der Waals surface area contributed by atoms with Crippen molar-refractivity contribution in [3.8, 4) is 5.88 Å². The first-order valence-electron chi connectivity index (χ1n) is 7.64. The van der Waals surface area contributed by atoms with Crippen LogP contribution in [-0.2, 0) is 9.53 Å². The van der Waals surface area contributed by atoms with Crippen LogP contribution in [-0.4, -0.2) is 29.7 Å². The van der Waals surface area contributed by atoms with Crippen LogP contribution < -0.4 is 10.1 Å². The van der Waals surface area contributed by atoms with E-state index in [2.05, 4.69) is 10.3 Å². The minimum absolute atomic E-state index is 0.101. The van der Waals surface area contributed by atoms with E-state index in [9.17, 15) is 4.79 Å². The predicted molar refractivity (Wildman–Crippen MR) is 81.4 cm³/mol. The molecule has 2 rings (SSSR count). The Labute approximate surface area is 126 Å². The van der Waals surface area contributed by atoms with Crippen molar-refractivity contribution < 1.29 is 14.3 Å². The molecule has 0 bridgehead atoms. The van der Waals surface area contributed by atoms with E-state index in [4.69, 9.17) is 9.47 Å². The Balaban J connectivity index is 1.98. The lowest BCUT2D eigenvalue weighted by Crippen LogP contribution is -2.44. The van der Waals surface area contributed by atoms with E-state index in [1.165, 1.54) is 0 Å². The largest absolute Gasteiger partial charge is 0.478 e. The molecule has 5 heteroatoms. The number of ether oxygens (including phenoxy) is 2. The Morgan fingerprint density at radius 3 is 2.71 bits per heavy atom. The van der Waals surface area contributed by atoms with Crippen molar-refractivity contribution in [3.63, 3.8) is 0 Å². The van der Waals surface area contributed by atoms with Gasteiger partial charge in [0.2, 0.25) is 5.88 Å². The molecule has 1 amide bonds. The molecule has 1 aromatic heterocycles. The third kappa shape index (κ3) is 3.94. The van der Waals surface area contributed by atoms with Gasteiger partial charge in [-0.2, -0.15) is 0 Å². The summed E-state index contributed by atoms with van der Waals surface area (Å²) in [6.07, 6.45) is 4.65. The standard InChI is InChI=1S/C16H24N2O3/c1-4-10-20-14-9-8-13(11-17-14)18-15(19)16(3,21-5-2)12-6-7-12/h8-9,11-12H,4-7,10H2,1-3H3,(H,18,19)/t16-/m0/s1. The Hall–Kier alpha value is -1.62. The molecule has 21 heavy (non-hydrogen) atoms. The fourth-order valence-electron chi connectivity index (χ4n) is 2.30. The summed E-state index contributed by atoms with van der Waals surface area (Å²) in [6.45, 7) is 7.00. The van der Waals surface area contributed by atoms with Crippen LogP contribution >= 0.6 is 0 Å². The number of hydrogen-bond acceptors (Lipinski definition) is 4. The van der Waals surface area contributed by atoms with Gasteiger partial charge in [0, 0.05) is 12.7 Å². The van der Waals surface area contributed by atoms with E-state index in [1.807, 2.05) is 20.8 Å². The second kappa shape index (κ2) is 6.89. The zero-order valence-electron chi connectivity index (χ0n) is 13.0. The molecule has 116 valence electrons. The molecule has 1 fully saturated rings. The van der Waals surface area contributed by atoms with E-state index in [0.29, 0.717) is 30.7 Å². The molecule has 0 aliphatic heterocycles. The van der Waals surface area contributed by atoms with Crippen molar-refractivity contribution in [2.75, 3.05) is 18.5 Å². The van der Waals surface area contributed by atoms with Crippen molar-refractivity contribution in [3.05, 3.63) is 18.3 Å². The van der Waals surface area contributed by atoms with Crippen LogP contribution in [0.4, 0.5) is 5.69 Å². The summed E-state index contributed by atoms with van der Waals surface area (Å²) in [5.41, 5.74) is -0.0815. The minimum Gasteiger partial charge on any atom is -0.478 e. The van der Waals surface area contributed by atoms with Gasteiger partial charge in [0.05, 0.1) is 18.5 Å². The molecule has 1 aliphatic rings. The van der Waals surface area contributed by atoms with Crippen LogP contribution in [0.1, 0.15) is 40.0 Å². The van der Waals surface area contributed by atoms with Crippen molar-refractivity contribution in [1.82, 2.24) is 4.98 Å². The average Bonchev–Trinajstić information content (AvgIpc) is 3.31. The van der Waals surface area contributed by atoms with Gasteiger partial charge in [-0.05, 0) is 45.1 Å². The molecular formula is C16H24N2O3. The highest BCUT2D eigenvalue weighted by Gasteiger charge is 2.48. The smallest absolute Gasteiger partial charge is 0.256 e. The van der Waals surface area contributed by atoms with Gasteiger partial charge in [-0.25, -0.2) is 4.98 Å². The molecule has 1 atom stereocenters. The Morgan fingerprint density at radius 1 is 1.43 bits per heavy atom. The second-order valence-corrected chi connectivity index (χ2v) is 5.50. The highest BCUT2D eigenvalue weighted by atomic mass is 16.5. The van der Waals surface area contributed by atoms with Crippen LogP contribution in [0.5, 0.6) is 5.88 Å². The maximum Gasteiger partial charge on any atom is 0.256 e. The van der Waals surface area contributed by atoms with Gasteiger partial charge in [0.1, 0.15) is 5.60 Å². The summed E-state index contributed by atoms with van der Waals surface area (Å²) in [5.74, 6) is 0.790. The van der Waals surface area contributed by atoms with Crippen LogP contribution in [0.2, 0.25) is 0 Å². The SMILES string of the molecule is CCCOc1ccc(NC(=O)[C@@](C)(OCC)C2CC2)cn1. The molecule has 0 saturated heterocycles. The summed E-state index contributed by atoms with van der Waals surface area (Å²) in [5, 5.41) is 2.89. The van der Waals surface area contributed by atoms with Crippen molar-refractivity contribution in [1.29, 1.82) is 0 Å². The fourth-order valence-corrected chi connectivity index (χ4v) is 2.30. The summed E-state index contributed by atoms with van der Waals surface area (Å²) >= 11 is 0. The van der Waals surface area contributed by atoms with Gasteiger partial charge in [-0.3, -0.25) is 4.79 Å². The monoisotopic (exact) mass is 292 g/mol. The van der Waals surface area contributed by atoms with Crippen molar-refractivity contribution in [2.24, 2.45) is 5.92 Å². The Kier molecular flexibility index (Phi) is 5.17. The summed E-state index contributed by atoms with van der Waals surface area (Å²) in [4.78, 5) is 16.6. The number of nitrogens with zero attached hydrogens (tertiary/aromatic N) is 1. The lowest BCUT2D eigenvalue weighted by atomic mass is 9.99. The number of nitrogens with one attached hydrogen (secondary N) is 1. The van der Waals surface area contributed by atoms with E-state index < -0.39 is 5.60 Å². The Bertz CT molecular complexity index is 471. The maximum absolute atomic E-state index is 12.5. The molecule has 5 nitrogen and oxygen atoms in total. The number of rotatable bonds is 8. The highest BCUT2D eigenvalue weighted by molar-refractivity contribution is 5.97. The van der Waals surface area contributed by atoms with Gasteiger partial charge < -0.3 is 14.8 Å². The third-order valence-electron chi connectivity index (χ3n) is 3.70. The van der Waals surface area contributed by atoms with E-state index in [0.717, 1.165) is 19.3 Å². The van der Waals surface area contributed by atoms with Crippen molar-refractivity contribution in [2.45, 2.75) is 45.6 Å². The normalized spacial score (nSPS) is 17.1. The van der Waals surface area contributed by atoms with Gasteiger partial charge in [-0.15, -0.1) is 0 Å². The van der Waals surface area contributed by atoms with E-state index >= 15 is 0 Å². The number of anilines is 1. The fraction of sp³-hybridized carbons (Fsp3) is 0.625. The lowest BCUT2D eigenvalue weighted by Gasteiger charge is -2.28. The summed E-state index contributed by atoms with van der Waals surface area (Å²) in [7, 11) is 0. The van der Waals surface area contributed by atoms with Crippen molar-refractivity contribution >= 4 is 11.6 Å². The number of hydrogen-bond donors (Lipinski definition) is 1. The second-order valence-electron chi connectivity index (χ2n) is 5.50. The topological polar surface area (TPSA) is 60.5 Å². The van der Waals surface area contributed by atoms with E-state index in [-0.39, 0.29) is 5.91 Å². The minimum atomic E-state index is -0.744. The zero-order chi connectivity index (χ0) is 15.3. The lowest BCUT2D eigenvalue weighted by molar-refractivity contribution is -0.141. The molecule has 1 N–H and O–H groups in total. The average molecular weight is 292 g/mol. The third-order valence-corrected chi connectivity index (χ3v) is 3.70. The van der Waals surface area contributed by atoms with Crippen LogP contribution in [0.3, 0.4) is 0 Å². The molecule has 0 spiro atoms. The molecule has 1 aromatic rings. The molecule has 0 radical (unpaired) electrons. The first-order valence-corrected chi connectivity index (χ1v) is 7.64. The molecule has 1 saturated carbocycles. The molecule has 0 aromatic carbocycles. The first-order chi connectivity index (χ1) is 10.1. The summed E-state index contributed by atoms with van der Waals surface area (Å²) in [6, 6.07) is 3.57. The number of amides is 1. The van der Waals surface area contributed by atoms with Crippen LogP contribution in [0.25, 0.3) is 0 Å². The molecule has 1 aliphatic carbocycles. The predicted octanol–water partition coefficient (Wildman–Crippen LogP) is 3.01. The van der Waals surface area contributed by atoms with Gasteiger partial charge in [0.25, 0.3) is 5.91 Å². The van der Waals surface area contributed by atoms with Gasteiger partial charge >= 0.3 is 0 Å². The Morgan fingerprint density at radius 2 is 2.19 bits per heavy atom. The molecule has 0 unspecified atom stereocenters. The quantitative estimate of drug-likeness (QED) is 0.800. The van der Waals surface area contributed by atoms with Crippen LogP contribution in [0.15, 0.2) is 18.3 Å². The zero-order valence-corrected chi connectivity index (χ0v) is 13.0. The molecular weight excluding hydrogens is 268 g/mol. The van der Waals surface area contributed by atoms with E-state index in [1.54, 1.807) is 18.3 Å². The first kappa shape index (κ1) is 15.8. The number of aromatic nitrogens is 1. The van der Waals surface area contributed by atoms with Gasteiger partial charge in [0.15, 0.2) is 0 Å².